The summed E-state index contributed by atoms with van der Waals surface area (Å²) < 4.78 is 0. The van der Waals surface area contributed by atoms with Crippen molar-refractivity contribution in [3.05, 3.63) is 18.3 Å². The first-order valence-corrected chi connectivity index (χ1v) is 6.54. The molecule has 0 saturated carbocycles. The van der Waals surface area contributed by atoms with Gasteiger partial charge in [0.05, 0.1) is 5.69 Å². The Morgan fingerprint density at radius 3 is 3.00 bits per heavy atom. The fourth-order valence-electron chi connectivity index (χ4n) is 1.76. The molecule has 0 radical (unpaired) electrons. The maximum atomic E-state index is 5.81. The second-order valence-electron chi connectivity index (χ2n) is 3.88. The van der Waals surface area contributed by atoms with E-state index in [2.05, 4.69) is 22.1 Å². The number of nitrogen functional groups attached to an aromatic ring is 1. The molecular weight excluding hydrogens is 206 g/mol. The topological polar surface area (TPSA) is 50.9 Å². The summed E-state index contributed by atoms with van der Waals surface area (Å²) in [4.78, 5) is 4.22. The third-order valence-electron chi connectivity index (χ3n) is 2.74. The zero-order valence-corrected chi connectivity index (χ0v) is 9.59. The molecule has 1 aromatic rings. The second kappa shape index (κ2) is 5.26. The van der Waals surface area contributed by atoms with Gasteiger partial charge in [-0.1, -0.05) is 0 Å². The number of anilines is 2. The van der Waals surface area contributed by atoms with E-state index in [-0.39, 0.29) is 0 Å². The molecule has 3 N–H and O–H groups in total. The molecule has 1 aliphatic rings. The summed E-state index contributed by atoms with van der Waals surface area (Å²) >= 11 is 2.06. The molecule has 1 fully saturated rings. The molecule has 0 aliphatic carbocycles. The molecule has 15 heavy (non-hydrogen) atoms. The molecule has 82 valence electrons. The summed E-state index contributed by atoms with van der Waals surface area (Å²) in [6, 6.07) is 3.74. The van der Waals surface area contributed by atoms with E-state index < -0.39 is 0 Å². The molecular formula is C11H17N3S. The molecule has 0 unspecified atom stereocenters. The van der Waals surface area contributed by atoms with Crippen molar-refractivity contribution in [1.29, 1.82) is 0 Å². The maximum absolute atomic E-state index is 5.81. The molecule has 4 heteroatoms. The van der Waals surface area contributed by atoms with Crippen molar-refractivity contribution in [1.82, 2.24) is 4.98 Å². The summed E-state index contributed by atoms with van der Waals surface area (Å²) in [5.41, 5.74) is 6.55. The van der Waals surface area contributed by atoms with Gasteiger partial charge in [-0.2, -0.15) is 11.8 Å². The normalized spacial score (nSPS) is 17.6. The quantitative estimate of drug-likeness (QED) is 0.825. The number of hydrogen-bond donors (Lipinski definition) is 2. The van der Waals surface area contributed by atoms with Crippen molar-refractivity contribution in [2.45, 2.75) is 12.8 Å². The number of nitrogens with two attached hydrogens (primary N) is 1. The van der Waals surface area contributed by atoms with Crippen LogP contribution in [0.1, 0.15) is 12.8 Å². The zero-order valence-electron chi connectivity index (χ0n) is 8.78. The minimum Gasteiger partial charge on any atom is -0.396 e. The number of nitrogens with one attached hydrogen (secondary N) is 1. The predicted octanol–water partition coefficient (Wildman–Crippen LogP) is 2.22. The number of aromatic nitrogens is 1. The molecule has 0 bridgehead atoms. The van der Waals surface area contributed by atoms with Crippen LogP contribution in [0.4, 0.5) is 11.5 Å². The number of thioether (sulfide) groups is 1. The Labute approximate surface area is 94.8 Å². The molecule has 0 spiro atoms. The molecule has 1 aliphatic heterocycles. The molecule has 1 aromatic heterocycles. The van der Waals surface area contributed by atoms with Gasteiger partial charge in [0.2, 0.25) is 0 Å². The standard InChI is InChI=1S/C11H17N3S/c12-10-2-1-5-13-11(10)14-8-9-3-6-15-7-4-9/h1-2,5,9H,3-4,6-8,12H2,(H,13,14). The zero-order chi connectivity index (χ0) is 10.5. The molecule has 0 atom stereocenters. The van der Waals surface area contributed by atoms with E-state index in [9.17, 15) is 0 Å². The molecule has 2 rings (SSSR count). The van der Waals surface area contributed by atoms with Crippen LogP contribution in [0, 0.1) is 5.92 Å². The lowest BCUT2D eigenvalue weighted by Gasteiger charge is -2.22. The minimum absolute atomic E-state index is 0.739. The van der Waals surface area contributed by atoms with Gasteiger partial charge in [0, 0.05) is 12.7 Å². The van der Waals surface area contributed by atoms with Gasteiger partial charge in [0.15, 0.2) is 0 Å². The largest absolute Gasteiger partial charge is 0.396 e. The van der Waals surface area contributed by atoms with Crippen molar-refractivity contribution in [3.63, 3.8) is 0 Å². The fourth-order valence-corrected chi connectivity index (χ4v) is 2.96. The third kappa shape index (κ3) is 3.02. The van der Waals surface area contributed by atoms with E-state index >= 15 is 0 Å². The third-order valence-corrected chi connectivity index (χ3v) is 3.79. The Morgan fingerprint density at radius 1 is 1.47 bits per heavy atom. The van der Waals surface area contributed by atoms with Gasteiger partial charge in [-0.15, -0.1) is 0 Å². The highest BCUT2D eigenvalue weighted by Gasteiger charge is 2.13. The summed E-state index contributed by atoms with van der Waals surface area (Å²) in [5.74, 6) is 4.21. The Kier molecular flexibility index (Phi) is 3.72. The minimum atomic E-state index is 0.739. The monoisotopic (exact) mass is 223 g/mol. The van der Waals surface area contributed by atoms with E-state index in [1.54, 1.807) is 6.20 Å². The van der Waals surface area contributed by atoms with E-state index in [0.29, 0.717) is 0 Å². The number of pyridine rings is 1. The molecule has 0 aromatic carbocycles. The van der Waals surface area contributed by atoms with E-state index in [1.165, 1.54) is 24.3 Å². The summed E-state index contributed by atoms with van der Waals surface area (Å²) in [7, 11) is 0. The van der Waals surface area contributed by atoms with Crippen LogP contribution < -0.4 is 11.1 Å². The number of nitrogens with zero attached hydrogens (tertiary/aromatic N) is 1. The van der Waals surface area contributed by atoms with Crippen LogP contribution in [-0.2, 0) is 0 Å². The lowest BCUT2D eigenvalue weighted by atomic mass is 10.0. The summed E-state index contributed by atoms with van der Waals surface area (Å²) in [5, 5.41) is 3.34. The van der Waals surface area contributed by atoms with Gasteiger partial charge in [0.1, 0.15) is 5.82 Å². The SMILES string of the molecule is Nc1cccnc1NCC1CCSCC1. The first-order chi connectivity index (χ1) is 7.36. The van der Waals surface area contributed by atoms with Gasteiger partial charge in [0.25, 0.3) is 0 Å². The number of hydrogen-bond acceptors (Lipinski definition) is 4. The Hall–Kier alpha value is -0.900. The smallest absolute Gasteiger partial charge is 0.149 e. The maximum Gasteiger partial charge on any atom is 0.149 e. The predicted molar refractivity (Wildman–Crippen MR) is 67.2 cm³/mol. The first kappa shape index (κ1) is 10.6. The highest BCUT2D eigenvalue weighted by Crippen LogP contribution is 2.23. The second-order valence-corrected chi connectivity index (χ2v) is 5.10. The fraction of sp³-hybridized carbons (Fsp3) is 0.545. The van der Waals surface area contributed by atoms with Gasteiger partial charge in [-0.25, -0.2) is 4.98 Å². The van der Waals surface area contributed by atoms with Gasteiger partial charge in [-0.05, 0) is 42.4 Å². The highest BCUT2D eigenvalue weighted by atomic mass is 32.2. The Balaban J connectivity index is 1.84. The lowest BCUT2D eigenvalue weighted by Crippen LogP contribution is -2.20. The summed E-state index contributed by atoms with van der Waals surface area (Å²) in [6.07, 6.45) is 4.39. The van der Waals surface area contributed by atoms with E-state index in [0.717, 1.165) is 24.0 Å². The van der Waals surface area contributed by atoms with Gasteiger partial charge < -0.3 is 11.1 Å². The van der Waals surface area contributed by atoms with Crippen LogP contribution >= 0.6 is 11.8 Å². The summed E-state index contributed by atoms with van der Waals surface area (Å²) in [6.45, 7) is 1.00. The Bertz CT molecular complexity index is 310. The van der Waals surface area contributed by atoms with Crippen LogP contribution in [0.5, 0.6) is 0 Å². The van der Waals surface area contributed by atoms with Crippen molar-refractivity contribution in [2.24, 2.45) is 5.92 Å². The molecule has 3 nitrogen and oxygen atoms in total. The van der Waals surface area contributed by atoms with Crippen LogP contribution in [-0.4, -0.2) is 23.0 Å². The molecule has 2 heterocycles. The van der Waals surface area contributed by atoms with Gasteiger partial charge in [-0.3, -0.25) is 0 Å². The van der Waals surface area contributed by atoms with Crippen molar-refractivity contribution in [2.75, 3.05) is 29.1 Å². The highest BCUT2D eigenvalue weighted by molar-refractivity contribution is 7.99. The van der Waals surface area contributed by atoms with Crippen molar-refractivity contribution in [3.8, 4) is 0 Å². The lowest BCUT2D eigenvalue weighted by molar-refractivity contribution is 0.515. The molecule has 0 amide bonds. The van der Waals surface area contributed by atoms with Crippen LogP contribution in [0.25, 0.3) is 0 Å². The number of rotatable bonds is 3. The van der Waals surface area contributed by atoms with Crippen LogP contribution in [0.2, 0.25) is 0 Å². The van der Waals surface area contributed by atoms with Crippen molar-refractivity contribution < 1.29 is 0 Å². The Morgan fingerprint density at radius 2 is 2.27 bits per heavy atom. The first-order valence-electron chi connectivity index (χ1n) is 5.38. The molecule has 1 saturated heterocycles. The van der Waals surface area contributed by atoms with Crippen LogP contribution in [0.15, 0.2) is 18.3 Å². The van der Waals surface area contributed by atoms with Gasteiger partial charge >= 0.3 is 0 Å². The van der Waals surface area contributed by atoms with E-state index in [1.807, 2.05) is 12.1 Å². The van der Waals surface area contributed by atoms with E-state index in [4.69, 9.17) is 5.73 Å². The van der Waals surface area contributed by atoms with Crippen molar-refractivity contribution >= 4 is 23.3 Å². The average molecular weight is 223 g/mol. The van der Waals surface area contributed by atoms with Crippen LogP contribution in [0.3, 0.4) is 0 Å². The average Bonchev–Trinajstić information content (AvgIpc) is 2.29.